The average molecular weight is 516 g/mol. The molecule has 1 atom stereocenters. The number of nitrogens with zero attached hydrogens (tertiary/aromatic N) is 3. The molecular formula is C34H37N5. The molecule has 198 valence electrons. The lowest BCUT2D eigenvalue weighted by Crippen LogP contribution is -2.33. The number of hydrazone groups is 1. The van der Waals surface area contributed by atoms with Gasteiger partial charge in [-0.05, 0) is 75.2 Å². The SMILES string of the molecule is CCn1c(C2=C(C3=CC(C4=NNNC(C)CC4)=CCC3)CCC=C2)nc(-c2ccccc2)c1-c1ccccc1. The molecule has 5 heteroatoms. The molecule has 1 aliphatic heterocycles. The Balaban J connectivity index is 1.48. The summed E-state index contributed by atoms with van der Waals surface area (Å²) in [4.78, 5) is 5.40. The molecule has 0 radical (unpaired) electrons. The average Bonchev–Trinajstić information content (AvgIpc) is 3.25. The van der Waals surface area contributed by atoms with Gasteiger partial charge in [0.1, 0.15) is 5.82 Å². The van der Waals surface area contributed by atoms with E-state index < -0.39 is 0 Å². The fourth-order valence-electron chi connectivity index (χ4n) is 5.90. The van der Waals surface area contributed by atoms with Crippen LogP contribution in [0.4, 0.5) is 0 Å². The zero-order chi connectivity index (χ0) is 26.6. The van der Waals surface area contributed by atoms with Crippen molar-refractivity contribution in [3.8, 4) is 22.5 Å². The van der Waals surface area contributed by atoms with Gasteiger partial charge in [-0.1, -0.05) is 78.9 Å². The van der Waals surface area contributed by atoms with Crippen molar-refractivity contribution in [1.82, 2.24) is 20.5 Å². The van der Waals surface area contributed by atoms with Crippen LogP contribution < -0.4 is 11.0 Å². The molecule has 2 heterocycles. The zero-order valence-electron chi connectivity index (χ0n) is 23.0. The minimum atomic E-state index is 0.405. The maximum absolute atomic E-state index is 5.40. The highest BCUT2D eigenvalue weighted by atomic mass is 15.6. The molecule has 0 bridgehead atoms. The molecule has 0 saturated heterocycles. The number of nitrogens with one attached hydrogen (secondary N) is 2. The highest BCUT2D eigenvalue weighted by Gasteiger charge is 2.25. The number of hydrogen-bond donors (Lipinski definition) is 2. The van der Waals surface area contributed by atoms with Gasteiger partial charge in [0.15, 0.2) is 0 Å². The van der Waals surface area contributed by atoms with Crippen molar-refractivity contribution in [2.75, 3.05) is 0 Å². The topological polar surface area (TPSA) is 54.2 Å². The van der Waals surface area contributed by atoms with E-state index >= 15 is 0 Å². The first-order valence-corrected chi connectivity index (χ1v) is 14.3. The lowest BCUT2D eigenvalue weighted by molar-refractivity contribution is 0.462. The summed E-state index contributed by atoms with van der Waals surface area (Å²) in [5.41, 5.74) is 17.4. The summed E-state index contributed by atoms with van der Waals surface area (Å²) in [6.45, 7) is 5.27. The van der Waals surface area contributed by atoms with E-state index in [0.29, 0.717) is 6.04 Å². The Labute approximate surface area is 231 Å². The summed E-state index contributed by atoms with van der Waals surface area (Å²) in [7, 11) is 0. The number of allylic oxidation sites excluding steroid dienone is 8. The number of aromatic nitrogens is 2. The fraction of sp³-hybridized carbons (Fsp3) is 0.294. The molecule has 2 N–H and O–H groups in total. The van der Waals surface area contributed by atoms with E-state index in [1.165, 1.54) is 33.5 Å². The summed E-state index contributed by atoms with van der Waals surface area (Å²) >= 11 is 0. The summed E-state index contributed by atoms with van der Waals surface area (Å²) < 4.78 is 2.41. The van der Waals surface area contributed by atoms with Crippen LogP contribution in [0.1, 0.15) is 58.2 Å². The first kappa shape index (κ1) is 25.3. The fourth-order valence-corrected chi connectivity index (χ4v) is 5.90. The highest BCUT2D eigenvalue weighted by molar-refractivity contribution is 6.03. The lowest BCUT2D eigenvalue weighted by Gasteiger charge is -2.22. The first-order chi connectivity index (χ1) is 19.2. The molecule has 2 aliphatic carbocycles. The third-order valence-electron chi connectivity index (χ3n) is 7.93. The lowest BCUT2D eigenvalue weighted by atomic mass is 9.84. The normalized spacial score (nSPS) is 19.6. The molecule has 3 aliphatic rings. The van der Waals surface area contributed by atoms with E-state index in [-0.39, 0.29) is 0 Å². The molecule has 6 rings (SSSR count). The molecule has 0 spiro atoms. The van der Waals surface area contributed by atoms with Crippen LogP contribution >= 0.6 is 0 Å². The smallest absolute Gasteiger partial charge is 0.141 e. The van der Waals surface area contributed by atoms with E-state index in [1.807, 2.05) is 0 Å². The minimum Gasteiger partial charge on any atom is -0.324 e. The molecule has 1 unspecified atom stereocenters. The van der Waals surface area contributed by atoms with Crippen molar-refractivity contribution < 1.29 is 0 Å². The maximum Gasteiger partial charge on any atom is 0.141 e. The molecule has 0 amide bonds. The van der Waals surface area contributed by atoms with Gasteiger partial charge in [-0.25, -0.2) is 15.9 Å². The van der Waals surface area contributed by atoms with Crippen molar-refractivity contribution in [3.05, 3.63) is 108 Å². The van der Waals surface area contributed by atoms with Crippen molar-refractivity contribution in [2.45, 2.75) is 65.0 Å². The number of hydrazine groups is 1. The van der Waals surface area contributed by atoms with Crippen molar-refractivity contribution in [1.29, 1.82) is 0 Å². The van der Waals surface area contributed by atoms with Gasteiger partial charge in [-0.15, -0.1) is 0 Å². The van der Waals surface area contributed by atoms with Crippen LogP contribution in [0.2, 0.25) is 0 Å². The second-order valence-electron chi connectivity index (χ2n) is 10.6. The van der Waals surface area contributed by atoms with E-state index in [2.05, 4.69) is 119 Å². The third-order valence-corrected chi connectivity index (χ3v) is 7.93. The standard InChI is InChI=1S/C34H37N5/c1-3-39-33(26-15-8-5-9-16-26)32(25-13-6-4-7-14-25)35-34(39)30-20-11-10-19-29(30)27-17-12-18-28(23-27)31-22-21-24(2)36-38-37-31/h4-9,11,13-16,18,20,23-24,36,38H,3,10,12,17,19,21-22H2,1-2H3. The van der Waals surface area contributed by atoms with Gasteiger partial charge in [-0.2, -0.15) is 5.10 Å². The van der Waals surface area contributed by atoms with E-state index in [9.17, 15) is 0 Å². The Morgan fingerprint density at radius 1 is 0.923 bits per heavy atom. The van der Waals surface area contributed by atoms with Gasteiger partial charge in [0, 0.05) is 29.3 Å². The van der Waals surface area contributed by atoms with Crippen LogP contribution in [-0.4, -0.2) is 21.3 Å². The van der Waals surface area contributed by atoms with Gasteiger partial charge in [-0.3, -0.25) is 0 Å². The maximum atomic E-state index is 5.40. The quantitative estimate of drug-likeness (QED) is 0.355. The summed E-state index contributed by atoms with van der Waals surface area (Å²) in [6, 6.07) is 21.7. The van der Waals surface area contributed by atoms with Crippen molar-refractivity contribution >= 4 is 11.3 Å². The number of rotatable bonds is 6. The van der Waals surface area contributed by atoms with Crippen LogP contribution in [0.5, 0.6) is 0 Å². The Kier molecular flexibility index (Phi) is 7.42. The second-order valence-corrected chi connectivity index (χ2v) is 10.6. The van der Waals surface area contributed by atoms with Gasteiger partial charge < -0.3 is 4.57 Å². The zero-order valence-corrected chi connectivity index (χ0v) is 23.0. The van der Waals surface area contributed by atoms with Gasteiger partial charge in [0.05, 0.1) is 17.1 Å². The molecule has 5 nitrogen and oxygen atoms in total. The highest BCUT2D eigenvalue weighted by Crippen LogP contribution is 2.40. The van der Waals surface area contributed by atoms with Crippen LogP contribution in [-0.2, 0) is 6.54 Å². The Morgan fingerprint density at radius 3 is 2.46 bits per heavy atom. The number of imidazole rings is 1. The minimum absolute atomic E-state index is 0.405. The van der Waals surface area contributed by atoms with Crippen LogP contribution in [0.3, 0.4) is 0 Å². The molecule has 3 aromatic rings. The Bertz CT molecular complexity index is 1490. The summed E-state index contributed by atoms with van der Waals surface area (Å²) in [5.74, 6) is 1.06. The first-order valence-electron chi connectivity index (χ1n) is 14.3. The molecule has 39 heavy (non-hydrogen) atoms. The molecule has 1 aromatic heterocycles. The van der Waals surface area contributed by atoms with E-state index in [4.69, 9.17) is 4.98 Å². The number of hydrogen-bond acceptors (Lipinski definition) is 4. The summed E-state index contributed by atoms with van der Waals surface area (Å²) in [5, 5.41) is 4.66. The van der Waals surface area contributed by atoms with Crippen molar-refractivity contribution in [3.63, 3.8) is 0 Å². The van der Waals surface area contributed by atoms with Gasteiger partial charge in [0.2, 0.25) is 0 Å². The van der Waals surface area contributed by atoms with Gasteiger partial charge in [0.25, 0.3) is 0 Å². The number of benzene rings is 2. The third kappa shape index (κ3) is 5.19. The monoisotopic (exact) mass is 515 g/mol. The van der Waals surface area contributed by atoms with Crippen molar-refractivity contribution in [2.24, 2.45) is 5.10 Å². The molecule has 0 fully saturated rings. The molecule has 2 aromatic carbocycles. The van der Waals surface area contributed by atoms with Gasteiger partial charge >= 0.3 is 0 Å². The largest absolute Gasteiger partial charge is 0.324 e. The second kappa shape index (κ2) is 11.4. The van der Waals surface area contributed by atoms with E-state index in [0.717, 1.165) is 67.9 Å². The van der Waals surface area contributed by atoms with Crippen LogP contribution in [0.15, 0.2) is 107 Å². The summed E-state index contributed by atoms with van der Waals surface area (Å²) in [6.07, 6.45) is 15.6. The molecular weight excluding hydrogens is 478 g/mol. The van der Waals surface area contributed by atoms with E-state index in [1.54, 1.807) is 0 Å². The van der Waals surface area contributed by atoms with Crippen LogP contribution in [0.25, 0.3) is 28.1 Å². The predicted octanol–water partition coefficient (Wildman–Crippen LogP) is 7.62. The Hall–Kier alpha value is -3.96. The van der Waals surface area contributed by atoms with Crippen LogP contribution in [0, 0.1) is 0 Å². The predicted molar refractivity (Wildman–Crippen MR) is 162 cm³/mol. The Morgan fingerprint density at radius 2 is 1.69 bits per heavy atom. The molecule has 0 saturated carbocycles.